The number of hydrogen-bond acceptors (Lipinski definition) is 4. The van der Waals surface area contributed by atoms with Gasteiger partial charge in [0.25, 0.3) is 0 Å². The molecule has 0 unspecified atom stereocenters. The van der Waals surface area contributed by atoms with Crippen molar-refractivity contribution in [3.63, 3.8) is 0 Å². The van der Waals surface area contributed by atoms with E-state index in [-0.39, 0.29) is 12.6 Å². The normalized spacial score (nSPS) is 10.6. The molecule has 6 nitrogen and oxygen atoms in total. The lowest BCUT2D eigenvalue weighted by atomic mass is 10.2. The van der Waals surface area contributed by atoms with Gasteiger partial charge in [0.05, 0.1) is 17.7 Å². The first-order valence-electron chi connectivity index (χ1n) is 8.19. The van der Waals surface area contributed by atoms with Gasteiger partial charge < -0.3 is 15.2 Å². The maximum atomic E-state index is 12.2. The number of para-hydroxylation sites is 1. The van der Waals surface area contributed by atoms with E-state index < -0.39 is 0 Å². The minimum absolute atomic E-state index is 0.264. The van der Waals surface area contributed by atoms with Crippen LogP contribution < -0.4 is 10.6 Å². The Bertz CT molecular complexity index is 1040. The summed E-state index contributed by atoms with van der Waals surface area (Å²) in [6, 6.07) is 20.6. The van der Waals surface area contributed by atoms with Gasteiger partial charge in [0.2, 0.25) is 0 Å². The molecule has 0 aliphatic rings. The number of fused-ring (bicyclic) bond motifs is 1. The van der Waals surface area contributed by atoms with Crippen LogP contribution in [0.2, 0.25) is 0 Å². The number of amides is 2. The van der Waals surface area contributed by atoms with Crippen LogP contribution in [0.1, 0.15) is 5.69 Å². The summed E-state index contributed by atoms with van der Waals surface area (Å²) in [4.78, 5) is 16.5. The van der Waals surface area contributed by atoms with Crippen molar-refractivity contribution < 1.29 is 9.32 Å². The molecule has 4 aromatic rings. The van der Waals surface area contributed by atoms with E-state index in [1.54, 1.807) is 6.20 Å². The van der Waals surface area contributed by atoms with Crippen molar-refractivity contribution in [2.24, 2.45) is 0 Å². The fourth-order valence-corrected chi connectivity index (χ4v) is 2.68. The maximum absolute atomic E-state index is 12.2. The third-order valence-electron chi connectivity index (χ3n) is 3.93. The summed E-state index contributed by atoms with van der Waals surface area (Å²) in [5, 5.41) is 10.6. The van der Waals surface area contributed by atoms with Crippen LogP contribution in [0.25, 0.3) is 22.2 Å². The Labute approximate surface area is 149 Å². The molecule has 4 rings (SSSR count). The lowest BCUT2D eigenvalue weighted by Gasteiger charge is -2.08. The van der Waals surface area contributed by atoms with E-state index in [9.17, 15) is 4.79 Å². The highest BCUT2D eigenvalue weighted by Crippen LogP contribution is 2.21. The van der Waals surface area contributed by atoms with Crippen LogP contribution in [0.3, 0.4) is 0 Å². The van der Waals surface area contributed by atoms with Crippen LogP contribution in [0.5, 0.6) is 0 Å². The Kier molecular flexibility index (Phi) is 4.30. The number of pyridine rings is 1. The molecule has 26 heavy (non-hydrogen) atoms. The maximum Gasteiger partial charge on any atom is 0.319 e. The summed E-state index contributed by atoms with van der Waals surface area (Å²) < 4.78 is 5.33. The van der Waals surface area contributed by atoms with E-state index in [1.807, 2.05) is 66.7 Å². The number of hydrogen-bond donors (Lipinski definition) is 2. The number of rotatable bonds is 4. The van der Waals surface area contributed by atoms with E-state index in [1.165, 1.54) is 0 Å². The fourth-order valence-electron chi connectivity index (χ4n) is 2.68. The summed E-state index contributed by atoms with van der Waals surface area (Å²) >= 11 is 0. The van der Waals surface area contributed by atoms with Gasteiger partial charge in [-0.1, -0.05) is 53.7 Å². The monoisotopic (exact) mass is 344 g/mol. The van der Waals surface area contributed by atoms with Crippen LogP contribution >= 0.6 is 0 Å². The van der Waals surface area contributed by atoms with Gasteiger partial charge in [-0.2, -0.15) is 0 Å². The summed E-state index contributed by atoms with van der Waals surface area (Å²) in [7, 11) is 0. The second-order valence-electron chi connectivity index (χ2n) is 5.74. The first-order chi connectivity index (χ1) is 12.8. The van der Waals surface area contributed by atoms with Crippen molar-refractivity contribution in [3.8, 4) is 11.3 Å². The number of urea groups is 1. The summed E-state index contributed by atoms with van der Waals surface area (Å²) in [5.41, 5.74) is 3.00. The van der Waals surface area contributed by atoms with Gasteiger partial charge in [0.15, 0.2) is 5.76 Å². The average Bonchev–Trinajstić information content (AvgIpc) is 3.17. The summed E-state index contributed by atoms with van der Waals surface area (Å²) in [5.74, 6) is 0.668. The molecule has 6 heteroatoms. The zero-order valence-corrected chi connectivity index (χ0v) is 13.8. The fraction of sp³-hybridized carbons (Fsp3) is 0.0500. The van der Waals surface area contributed by atoms with E-state index >= 15 is 0 Å². The lowest BCUT2D eigenvalue weighted by Crippen LogP contribution is -2.28. The Morgan fingerprint density at radius 3 is 2.73 bits per heavy atom. The van der Waals surface area contributed by atoms with Gasteiger partial charge >= 0.3 is 6.03 Å². The molecule has 2 heterocycles. The number of anilines is 1. The third-order valence-corrected chi connectivity index (χ3v) is 3.93. The molecule has 0 atom stereocenters. The van der Waals surface area contributed by atoms with Gasteiger partial charge in [0, 0.05) is 23.2 Å². The van der Waals surface area contributed by atoms with E-state index in [4.69, 9.17) is 4.52 Å². The molecule has 2 amide bonds. The quantitative estimate of drug-likeness (QED) is 0.581. The Morgan fingerprint density at radius 1 is 1.00 bits per heavy atom. The van der Waals surface area contributed by atoms with Gasteiger partial charge in [-0.3, -0.25) is 4.98 Å². The molecule has 0 spiro atoms. The molecular formula is C20H16N4O2. The Morgan fingerprint density at radius 2 is 1.85 bits per heavy atom. The van der Waals surface area contributed by atoms with Gasteiger partial charge in [-0.15, -0.1) is 0 Å². The van der Waals surface area contributed by atoms with Crippen LogP contribution in [0.15, 0.2) is 77.4 Å². The standard InChI is InChI=1S/C20H16N4O2/c25-20(23-17-10-4-8-15-9-5-11-21-19(15)17)22-13-16-12-18(26-24-16)14-6-2-1-3-7-14/h1-12H,13H2,(H2,22,23,25). The number of aromatic nitrogens is 2. The van der Waals surface area contributed by atoms with Crippen LogP contribution in [-0.4, -0.2) is 16.2 Å². The predicted molar refractivity (Wildman–Crippen MR) is 99.5 cm³/mol. The molecule has 2 aromatic heterocycles. The highest BCUT2D eigenvalue weighted by Gasteiger charge is 2.09. The number of carbonyl (C=O) groups excluding carboxylic acids is 1. The third kappa shape index (κ3) is 3.39. The Hall–Kier alpha value is -3.67. The van der Waals surface area contributed by atoms with Crippen molar-refractivity contribution in [3.05, 3.63) is 78.6 Å². The van der Waals surface area contributed by atoms with Gasteiger partial charge in [-0.25, -0.2) is 4.79 Å². The Balaban J connectivity index is 1.41. The topological polar surface area (TPSA) is 80.0 Å². The van der Waals surface area contributed by atoms with E-state index in [2.05, 4.69) is 20.8 Å². The first-order valence-corrected chi connectivity index (χ1v) is 8.19. The highest BCUT2D eigenvalue weighted by atomic mass is 16.5. The lowest BCUT2D eigenvalue weighted by molar-refractivity contribution is 0.251. The van der Waals surface area contributed by atoms with Crippen molar-refractivity contribution in [2.45, 2.75) is 6.54 Å². The number of carbonyl (C=O) groups is 1. The number of benzene rings is 2. The molecule has 0 saturated carbocycles. The minimum atomic E-state index is -0.326. The predicted octanol–water partition coefficient (Wildman–Crippen LogP) is 4.21. The average molecular weight is 344 g/mol. The second kappa shape index (κ2) is 7.06. The molecule has 0 radical (unpaired) electrons. The van der Waals surface area contributed by atoms with E-state index in [0.29, 0.717) is 17.1 Å². The van der Waals surface area contributed by atoms with E-state index in [0.717, 1.165) is 16.5 Å². The smallest absolute Gasteiger partial charge is 0.319 e. The van der Waals surface area contributed by atoms with Crippen molar-refractivity contribution >= 4 is 22.6 Å². The van der Waals surface area contributed by atoms with Crippen molar-refractivity contribution in [2.75, 3.05) is 5.32 Å². The molecule has 0 bridgehead atoms. The second-order valence-corrected chi connectivity index (χ2v) is 5.74. The molecule has 2 N–H and O–H groups in total. The molecule has 0 aliphatic heterocycles. The SMILES string of the molecule is O=C(NCc1cc(-c2ccccc2)on1)Nc1cccc2cccnc12. The number of nitrogens with one attached hydrogen (secondary N) is 2. The minimum Gasteiger partial charge on any atom is -0.356 e. The van der Waals surface area contributed by atoms with Gasteiger partial charge in [0.1, 0.15) is 5.69 Å². The molecule has 0 fully saturated rings. The van der Waals surface area contributed by atoms with Crippen molar-refractivity contribution in [1.29, 1.82) is 0 Å². The van der Waals surface area contributed by atoms with Gasteiger partial charge in [-0.05, 0) is 12.1 Å². The van der Waals surface area contributed by atoms with Crippen LogP contribution in [-0.2, 0) is 6.54 Å². The zero-order chi connectivity index (χ0) is 17.8. The zero-order valence-electron chi connectivity index (χ0n) is 13.8. The summed E-state index contributed by atoms with van der Waals surface area (Å²) in [6.07, 6.45) is 1.70. The molecule has 128 valence electrons. The highest BCUT2D eigenvalue weighted by molar-refractivity contribution is 5.99. The molecule has 0 aliphatic carbocycles. The first kappa shape index (κ1) is 15.8. The van der Waals surface area contributed by atoms with Crippen LogP contribution in [0.4, 0.5) is 10.5 Å². The molecule has 0 saturated heterocycles. The molecular weight excluding hydrogens is 328 g/mol. The molecule has 2 aromatic carbocycles. The summed E-state index contributed by atoms with van der Waals surface area (Å²) in [6.45, 7) is 0.264. The largest absolute Gasteiger partial charge is 0.356 e. The van der Waals surface area contributed by atoms with Crippen LogP contribution in [0, 0.1) is 0 Å². The number of nitrogens with zero attached hydrogens (tertiary/aromatic N) is 2. The van der Waals surface area contributed by atoms with Crippen molar-refractivity contribution in [1.82, 2.24) is 15.5 Å².